The van der Waals surface area contributed by atoms with Gasteiger partial charge in [-0.25, -0.2) is 9.97 Å². The maximum atomic E-state index is 5.96. The minimum absolute atomic E-state index is 0.416. The number of halogens is 1. The van der Waals surface area contributed by atoms with Crippen molar-refractivity contribution >= 4 is 28.5 Å². The van der Waals surface area contributed by atoms with Gasteiger partial charge in [0.2, 0.25) is 11.8 Å². The Labute approximate surface area is 128 Å². The second-order valence-electron chi connectivity index (χ2n) is 5.08. The first-order valence-electron chi connectivity index (χ1n) is 7.07. The van der Waals surface area contributed by atoms with E-state index in [1.165, 1.54) is 0 Å². The third-order valence-electron chi connectivity index (χ3n) is 3.57. The lowest BCUT2D eigenvalue weighted by atomic mass is 10.3. The van der Waals surface area contributed by atoms with Crippen LogP contribution in [-0.2, 0) is 0 Å². The van der Waals surface area contributed by atoms with Crippen LogP contribution in [0.15, 0.2) is 12.3 Å². The molecule has 0 unspecified atom stereocenters. The van der Waals surface area contributed by atoms with Crippen LogP contribution >= 0.6 is 11.6 Å². The zero-order valence-electron chi connectivity index (χ0n) is 12.2. The lowest BCUT2D eigenvalue weighted by Crippen LogP contribution is -2.45. The van der Waals surface area contributed by atoms with Crippen LogP contribution in [0.5, 0.6) is 5.88 Å². The first-order valence-corrected chi connectivity index (χ1v) is 7.44. The van der Waals surface area contributed by atoms with Crippen LogP contribution in [0, 0.1) is 0 Å². The Hall–Kier alpha value is -1.66. The molecule has 21 heavy (non-hydrogen) atoms. The van der Waals surface area contributed by atoms with E-state index in [2.05, 4.69) is 31.8 Å². The van der Waals surface area contributed by atoms with Gasteiger partial charge in [-0.1, -0.05) is 11.6 Å². The molecule has 0 saturated carbocycles. The maximum absolute atomic E-state index is 5.96. The molecule has 1 fully saturated rings. The molecule has 0 bridgehead atoms. The normalized spacial score (nSPS) is 16.4. The van der Waals surface area contributed by atoms with E-state index in [1.54, 1.807) is 12.3 Å². The number of ether oxygens (including phenoxy) is 1. The van der Waals surface area contributed by atoms with Crippen LogP contribution in [0.3, 0.4) is 0 Å². The first kappa shape index (κ1) is 14.3. The Kier molecular flexibility index (Phi) is 4.07. The van der Waals surface area contributed by atoms with Gasteiger partial charge in [0, 0.05) is 26.2 Å². The van der Waals surface area contributed by atoms with Crippen molar-refractivity contribution in [3.05, 3.63) is 17.4 Å². The van der Waals surface area contributed by atoms with Crippen LogP contribution in [0.1, 0.15) is 6.92 Å². The molecule has 6 nitrogen and oxygen atoms in total. The van der Waals surface area contributed by atoms with E-state index in [9.17, 15) is 0 Å². The summed E-state index contributed by atoms with van der Waals surface area (Å²) in [6.07, 6.45) is 1.67. The molecular formula is C14H18ClN5O. The van der Waals surface area contributed by atoms with Gasteiger partial charge in [-0.15, -0.1) is 0 Å². The Morgan fingerprint density at radius 3 is 2.71 bits per heavy atom. The SMILES string of the molecule is CCOc1nc(N2CCN(C)CC2)nc2cnc(Cl)cc12. The Balaban J connectivity index is 2.01. The highest BCUT2D eigenvalue weighted by Crippen LogP contribution is 2.27. The van der Waals surface area contributed by atoms with Crippen molar-refractivity contribution < 1.29 is 4.74 Å². The maximum Gasteiger partial charge on any atom is 0.229 e. The molecule has 2 aromatic rings. The number of fused-ring (bicyclic) bond motifs is 1. The third kappa shape index (κ3) is 3.01. The number of nitrogens with zero attached hydrogens (tertiary/aromatic N) is 5. The van der Waals surface area contributed by atoms with Gasteiger partial charge >= 0.3 is 0 Å². The molecule has 0 N–H and O–H groups in total. The highest BCUT2D eigenvalue weighted by atomic mass is 35.5. The number of hydrogen-bond acceptors (Lipinski definition) is 6. The summed E-state index contributed by atoms with van der Waals surface area (Å²) in [4.78, 5) is 17.7. The van der Waals surface area contributed by atoms with Crippen molar-refractivity contribution in [3.8, 4) is 5.88 Å². The van der Waals surface area contributed by atoms with Crippen molar-refractivity contribution in [1.82, 2.24) is 19.9 Å². The average Bonchev–Trinajstić information content (AvgIpc) is 2.48. The van der Waals surface area contributed by atoms with Gasteiger partial charge in [-0.2, -0.15) is 4.98 Å². The lowest BCUT2D eigenvalue weighted by Gasteiger charge is -2.32. The molecule has 3 rings (SSSR count). The van der Waals surface area contributed by atoms with Gasteiger partial charge in [0.05, 0.1) is 23.7 Å². The predicted molar refractivity (Wildman–Crippen MR) is 83.2 cm³/mol. The van der Waals surface area contributed by atoms with Gasteiger partial charge in [0.15, 0.2) is 0 Å². The van der Waals surface area contributed by atoms with E-state index in [4.69, 9.17) is 16.3 Å². The van der Waals surface area contributed by atoms with Crippen LogP contribution in [0.25, 0.3) is 10.9 Å². The van der Waals surface area contributed by atoms with Crippen molar-refractivity contribution in [3.63, 3.8) is 0 Å². The molecule has 0 atom stereocenters. The largest absolute Gasteiger partial charge is 0.477 e. The molecule has 0 radical (unpaired) electrons. The standard InChI is InChI=1S/C14H18ClN5O/c1-3-21-13-10-8-12(15)16-9-11(10)17-14(18-13)20-6-4-19(2)5-7-20/h8-9H,3-7H2,1-2H3. The van der Waals surface area contributed by atoms with Crippen molar-refractivity contribution in [2.75, 3.05) is 44.7 Å². The summed E-state index contributed by atoms with van der Waals surface area (Å²) in [6.45, 7) is 6.32. The van der Waals surface area contributed by atoms with Gasteiger partial charge in [-0.3, -0.25) is 0 Å². The molecule has 3 heterocycles. The summed E-state index contributed by atoms with van der Waals surface area (Å²) < 4.78 is 5.65. The fourth-order valence-electron chi connectivity index (χ4n) is 2.36. The van der Waals surface area contributed by atoms with Gasteiger partial charge in [0.1, 0.15) is 5.15 Å². The van der Waals surface area contributed by atoms with E-state index in [1.807, 2.05) is 6.92 Å². The summed E-state index contributed by atoms with van der Waals surface area (Å²) in [5.41, 5.74) is 0.756. The average molecular weight is 308 g/mol. The molecule has 1 saturated heterocycles. The highest BCUT2D eigenvalue weighted by molar-refractivity contribution is 6.30. The lowest BCUT2D eigenvalue weighted by molar-refractivity contribution is 0.308. The van der Waals surface area contributed by atoms with Gasteiger partial charge in [0.25, 0.3) is 0 Å². The third-order valence-corrected chi connectivity index (χ3v) is 3.78. The summed E-state index contributed by atoms with van der Waals surface area (Å²) in [6, 6.07) is 1.75. The quantitative estimate of drug-likeness (QED) is 0.806. The van der Waals surface area contributed by atoms with Crippen LogP contribution in [0.2, 0.25) is 5.15 Å². The number of aromatic nitrogens is 3. The molecule has 0 spiro atoms. The molecular weight excluding hydrogens is 290 g/mol. The number of piperazine rings is 1. The number of pyridine rings is 1. The van der Waals surface area contributed by atoms with E-state index >= 15 is 0 Å². The first-order chi connectivity index (χ1) is 10.2. The fraction of sp³-hybridized carbons (Fsp3) is 0.500. The fourth-order valence-corrected chi connectivity index (χ4v) is 2.52. The second-order valence-corrected chi connectivity index (χ2v) is 5.46. The minimum Gasteiger partial charge on any atom is -0.477 e. The van der Waals surface area contributed by atoms with E-state index in [0.717, 1.165) is 37.1 Å². The summed E-state index contributed by atoms with van der Waals surface area (Å²) in [5, 5.41) is 1.22. The summed E-state index contributed by atoms with van der Waals surface area (Å²) >= 11 is 5.96. The van der Waals surface area contributed by atoms with Crippen LogP contribution < -0.4 is 9.64 Å². The molecule has 2 aromatic heterocycles. The number of anilines is 1. The number of rotatable bonds is 3. The van der Waals surface area contributed by atoms with Crippen LogP contribution in [0.4, 0.5) is 5.95 Å². The zero-order chi connectivity index (χ0) is 14.8. The Bertz CT molecular complexity index is 643. The molecule has 1 aliphatic rings. The molecule has 0 aromatic carbocycles. The van der Waals surface area contributed by atoms with Crippen molar-refractivity contribution in [2.24, 2.45) is 0 Å². The summed E-state index contributed by atoms with van der Waals surface area (Å²) in [5.74, 6) is 1.27. The zero-order valence-corrected chi connectivity index (χ0v) is 13.0. The summed E-state index contributed by atoms with van der Waals surface area (Å²) in [7, 11) is 2.12. The molecule has 0 amide bonds. The van der Waals surface area contributed by atoms with Crippen molar-refractivity contribution in [2.45, 2.75) is 6.92 Å². The van der Waals surface area contributed by atoms with Crippen molar-refractivity contribution in [1.29, 1.82) is 0 Å². The molecule has 112 valence electrons. The molecule has 0 aliphatic carbocycles. The highest BCUT2D eigenvalue weighted by Gasteiger charge is 2.19. The van der Waals surface area contributed by atoms with Gasteiger partial charge < -0.3 is 14.5 Å². The topological polar surface area (TPSA) is 54.4 Å². The van der Waals surface area contributed by atoms with E-state index < -0.39 is 0 Å². The van der Waals surface area contributed by atoms with E-state index in [-0.39, 0.29) is 0 Å². The Morgan fingerprint density at radius 1 is 1.24 bits per heavy atom. The van der Waals surface area contributed by atoms with E-state index in [0.29, 0.717) is 23.6 Å². The van der Waals surface area contributed by atoms with Crippen LogP contribution in [-0.4, -0.2) is 59.7 Å². The smallest absolute Gasteiger partial charge is 0.229 e. The Morgan fingerprint density at radius 2 is 2.00 bits per heavy atom. The second kappa shape index (κ2) is 5.99. The monoisotopic (exact) mass is 307 g/mol. The number of likely N-dealkylation sites (N-methyl/N-ethyl adjacent to an activating group) is 1. The predicted octanol–water partition coefficient (Wildman–Crippen LogP) is 1.83. The molecule has 1 aliphatic heterocycles. The number of hydrogen-bond donors (Lipinski definition) is 0. The molecule has 7 heteroatoms. The minimum atomic E-state index is 0.416. The van der Waals surface area contributed by atoms with Gasteiger partial charge in [-0.05, 0) is 20.0 Å².